The first-order valence-electron chi connectivity index (χ1n) is 8.16. The first-order chi connectivity index (χ1) is 9.78. The van der Waals surface area contributed by atoms with Gasteiger partial charge in [-0.1, -0.05) is 19.3 Å². The lowest BCUT2D eigenvalue weighted by molar-refractivity contribution is 0.362. The topological polar surface area (TPSA) is 28.2 Å². The second-order valence-electron chi connectivity index (χ2n) is 6.42. The Morgan fingerprint density at radius 1 is 1.20 bits per heavy atom. The van der Waals surface area contributed by atoms with E-state index in [0.29, 0.717) is 6.04 Å². The van der Waals surface area contributed by atoms with E-state index >= 15 is 0 Å². The van der Waals surface area contributed by atoms with Crippen molar-refractivity contribution in [2.45, 2.75) is 57.4 Å². The zero-order chi connectivity index (χ0) is 13.9. The molecule has 112 valence electrons. The molecule has 1 aromatic heterocycles. The van der Waals surface area contributed by atoms with Gasteiger partial charge < -0.3 is 10.2 Å². The van der Waals surface area contributed by atoms with E-state index in [1.54, 1.807) is 0 Å². The van der Waals surface area contributed by atoms with Gasteiger partial charge in [-0.2, -0.15) is 0 Å². The molecule has 2 aliphatic rings. The minimum absolute atomic E-state index is 0.479. The molecule has 0 aromatic carbocycles. The van der Waals surface area contributed by atoms with Crippen LogP contribution >= 0.6 is 11.3 Å². The average Bonchev–Trinajstić information content (AvgIpc) is 2.92. The first kappa shape index (κ1) is 14.3. The number of thiazole rings is 1. The summed E-state index contributed by atoms with van der Waals surface area (Å²) in [6.45, 7) is 1.19. The molecule has 1 aromatic rings. The molecule has 0 saturated heterocycles. The molecule has 0 amide bonds. The van der Waals surface area contributed by atoms with Gasteiger partial charge in [-0.25, -0.2) is 4.98 Å². The molecular formula is C16H27N3S. The molecule has 1 N–H and O–H groups in total. The standard InChI is InChI=1S/C16H27N3S/c1-17-13-9-6-10-14-15(13)18-16(20-14)19(2)11-12-7-4-3-5-8-12/h12-13,17H,3-11H2,1-2H3. The minimum Gasteiger partial charge on any atom is -0.351 e. The van der Waals surface area contributed by atoms with Crippen LogP contribution in [0.4, 0.5) is 5.13 Å². The van der Waals surface area contributed by atoms with E-state index in [2.05, 4.69) is 24.3 Å². The fourth-order valence-electron chi connectivity index (χ4n) is 3.68. The van der Waals surface area contributed by atoms with Crippen molar-refractivity contribution in [1.82, 2.24) is 10.3 Å². The highest BCUT2D eigenvalue weighted by Crippen LogP contribution is 2.37. The number of aryl methyl sites for hydroxylation is 1. The fraction of sp³-hybridized carbons (Fsp3) is 0.812. The second-order valence-corrected chi connectivity index (χ2v) is 7.48. The predicted octanol–water partition coefficient (Wildman–Crippen LogP) is 3.76. The second kappa shape index (κ2) is 6.44. The van der Waals surface area contributed by atoms with Crippen molar-refractivity contribution < 1.29 is 0 Å². The number of nitrogens with zero attached hydrogens (tertiary/aromatic N) is 2. The smallest absolute Gasteiger partial charge is 0.185 e. The van der Waals surface area contributed by atoms with E-state index in [9.17, 15) is 0 Å². The maximum absolute atomic E-state index is 4.95. The van der Waals surface area contributed by atoms with Crippen molar-refractivity contribution in [2.24, 2.45) is 5.92 Å². The monoisotopic (exact) mass is 293 g/mol. The van der Waals surface area contributed by atoms with Crippen LogP contribution in [0.1, 0.15) is 61.6 Å². The summed E-state index contributed by atoms with van der Waals surface area (Å²) in [6, 6.07) is 0.479. The Labute approximate surface area is 126 Å². The number of hydrogen-bond donors (Lipinski definition) is 1. The summed E-state index contributed by atoms with van der Waals surface area (Å²) in [5.41, 5.74) is 1.33. The molecule has 2 aliphatic carbocycles. The quantitative estimate of drug-likeness (QED) is 0.916. The molecule has 0 spiro atoms. The number of nitrogens with one attached hydrogen (secondary N) is 1. The van der Waals surface area contributed by atoms with Crippen LogP contribution in [-0.4, -0.2) is 25.6 Å². The van der Waals surface area contributed by atoms with Crippen LogP contribution in [0.3, 0.4) is 0 Å². The Morgan fingerprint density at radius 3 is 2.75 bits per heavy atom. The summed E-state index contributed by atoms with van der Waals surface area (Å²) in [6.07, 6.45) is 10.9. The van der Waals surface area contributed by atoms with Crippen molar-refractivity contribution in [3.05, 3.63) is 10.6 Å². The largest absolute Gasteiger partial charge is 0.351 e. The summed E-state index contributed by atoms with van der Waals surface area (Å²) in [7, 11) is 4.29. The van der Waals surface area contributed by atoms with E-state index in [0.717, 1.165) is 5.92 Å². The van der Waals surface area contributed by atoms with Crippen LogP contribution in [0.15, 0.2) is 0 Å². The van der Waals surface area contributed by atoms with Gasteiger partial charge >= 0.3 is 0 Å². The lowest BCUT2D eigenvalue weighted by Gasteiger charge is -2.26. The van der Waals surface area contributed by atoms with Gasteiger partial charge in [0.2, 0.25) is 0 Å². The van der Waals surface area contributed by atoms with Gasteiger partial charge in [0.15, 0.2) is 5.13 Å². The molecule has 1 unspecified atom stereocenters. The number of hydrogen-bond acceptors (Lipinski definition) is 4. The number of fused-ring (bicyclic) bond motifs is 1. The molecule has 20 heavy (non-hydrogen) atoms. The van der Waals surface area contributed by atoms with E-state index in [1.807, 2.05) is 11.3 Å². The summed E-state index contributed by atoms with van der Waals surface area (Å²) >= 11 is 1.93. The van der Waals surface area contributed by atoms with Crippen LogP contribution in [0, 0.1) is 5.92 Å². The Hall–Kier alpha value is -0.610. The molecule has 4 heteroatoms. The fourth-order valence-corrected chi connectivity index (χ4v) is 4.82. The summed E-state index contributed by atoms with van der Waals surface area (Å²) in [5.74, 6) is 0.884. The Kier molecular flexibility index (Phi) is 4.61. The molecule has 0 bridgehead atoms. The van der Waals surface area contributed by atoms with Crippen molar-refractivity contribution >= 4 is 16.5 Å². The Balaban J connectivity index is 1.68. The SMILES string of the molecule is CNC1CCCc2sc(N(C)CC3CCCCC3)nc21. The predicted molar refractivity (Wildman–Crippen MR) is 86.7 cm³/mol. The summed E-state index contributed by atoms with van der Waals surface area (Å²) < 4.78 is 0. The maximum Gasteiger partial charge on any atom is 0.185 e. The molecular weight excluding hydrogens is 266 g/mol. The van der Waals surface area contributed by atoms with E-state index < -0.39 is 0 Å². The first-order valence-corrected chi connectivity index (χ1v) is 8.97. The molecule has 1 atom stereocenters. The van der Waals surface area contributed by atoms with Crippen molar-refractivity contribution in [2.75, 3.05) is 25.5 Å². The zero-order valence-electron chi connectivity index (χ0n) is 12.8. The lowest BCUT2D eigenvalue weighted by Crippen LogP contribution is -2.27. The van der Waals surface area contributed by atoms with Crippen LogP contribution in [0.5, 0.6) is 0 Å². The van der Waals surface area contributed by atoms with Crippen molar-refractivity contribution in [3.63, 3.8) is 0 Å². The van der Waals surface area contributed by atoms with Crippen molar-refractivity contribution in [3.8, 4) is 0 Å². The van der Waals surface area contributed by atoms with Crippen molar-refractivity contribution in [1.29, 1.82) is 0 Å². The van der Waals surface area contributed by atoms with Gasteiger partial charge in [-0.15, -0.1) is 11.3 Å². The third kappa shape index (κ3) is 3.01. The average molecular weight is 293 g/mol. The van der Waals surface area contributed by atoms with Gasteiger partial charge in [0.25, 0.3) is 0 Å². The molecule has 1 fully saturated rings. The van der Waals surface area contributed by atoms with E-state index in [4.69, 9.17) is 4.98 Å². The maximum atomic E-state index is 4.95. The Bertz CT molecular complexity index is 437. The number of rotatable bonds is 4. The molecule has 3 rings (SSSR count). The number of aromatic nitrogens is 1. The highest BCUT2D eigenvalue weighted by Gasteiger charge is 2.25. The van der Waals surface area contributed by atoms with Crippen LogP contribution in [-0.2, 0) is 6.42 Å². The van der Waals surface area contributed by atoms with Gasteiger partial charge in [0, 0.05) is 18.5 Å². The van der Waals surface area contributed by atoms with Crippen LogP contribution in [0.2, 0.25) is 0 Å². The van der Waals surface area contributed by atoms with Gasteiger partial charge in [-0.05, 0) is 45.1 Å². The third-order valence-corrected chi connectivity index (χ3v) is 6.12. The van der Waals surface area contributed by atoms with Crippen LogP contribution < -0.4 is 10.2 Å². The normalized spacial score (nSPS) is 23.6. The highest BCUT2D eigenvalue weighted by atomic mass is 32.1. The molecule has 1 heterocycles. The van der Waals surface area contributed by atoms with Crippen LogP contribution in [0.25, 0.3) is 0 Å². The number of anilines is 1. The summed E-state index contributed by atoms with van der Waals surface area (Å²) in [4.78, 5) is 8.87. The molecule has 0 aliphatic heterocycles. The molecule has 0 radical (unpaired) electrons. The molecule has 3 nitrogen and oxygen atoms in total. The lowest BCUT2D eigenvalue weighted by atomic mass is 9.89. The minimum atomic E-state index is 0.479. The van der Waals surface area contributed by atoms with E-state index in [-0.39, 0.29) is 0 Å². The summed E-state index contributed by atoms with van der Waals surface area (Å²) in [5, 5.41) is 4.66. The van der Waals surface area contributed by atoms with Gasteiger partial charge in [-0.3, -0.25) is 0 Å². The van der Waals surface area contributed by atoms with E-state index in [1.165, 1.54) is 73.6 Å². The van der Waals surface area contributed by atoms with Gasteiger partial charge in [0.05, 0.1) is 11.7 Å². The molecule has 1 saturated carbocycles. The van der Waals surface area contributed by atoms with Gasteiger partial charge in [0.1, 0.15) is 0 Å². The Morgan fingerprint density at radius 2 is 2.00 bits per heavy atom. The highest BCUT2D eigenvalue weighted by molar-refractivity contribution is 7.15. The third-order valence-electron chi connectivity index (χ3n) is 4.87. The zero-order valence-corrected chi connectivity index (χ0v) is 13.6.